The van der Waals surface area contributed by atoms with Crippen LogP contribution < -0.4 is 9.17 Å². The Bertz CT molecular complexity index is 590. The minimum absolute atomic E-state index is 0.0931. The molecule has 1 aromatic rings. The average Bonchev–Trinajstić information content (AvgIpc) is 2.13. The molecule has 0 unspecified atom stereocenters. The van der Waals surface area contributed by atoms with Crippen LogP contribution in [0.15, 0.2) is 24.3 Å². The van der Waals surface area contributed by atoms with Gasteiger partial charge < -0.3 is 10.0 Å². The normalized spacial score (nSPS) is 12.2. The summed E-state index contributed by atoms with van der Waals surface area (Å²) in [6.07, 6.45) is 1.53. The summed E-state index contributed by atoms with van der Waals surface area (Å²) >= 11 is 0. The first-order chi connectivity index (χ1) is 8.03. The van der Waals surface area contributed by atoms with Crippen LogP contribution in [0.4, 0.5) is 5.69 Å². The molecular formula is C8H12BNO6S2. The molecule has 0 spiro atoms. The van der Waals surface area contributed by atoms with E-state index in [0.29, 0.717) is 0 Å². The highest BCUT2D eigenvalue weighted by Gasteiger charge is 2.27. The van der Waals surface area contributed by atoms with Gasteiger partial charge in [-0.1, -0.05) is 12.1 Å². The zero-order valence-corrected chi connectivity index (χ0v) is 11.3. The highest BCUT2D eigenvalue weighted by atomic mass is 32.3. The van der Waals surface area contributed by atoms with Gasteiger partial charge in [0.2, 0.25) is 20.0 Å². The number of sulfonamides is 2. The maximum Gasteiger partial charge on any atom is 0.488 e. The van der Waals surface area contributed by atoms with Crippen LogP contribution in [0.1, 0.15) is 0 Å². The van der Waals surface area contributed by atoms with E-state index in [4.69, 9.17) is 10.0 Å². The van der Waals surface area contributed by atoms with E-state index in [9.17, 15) is 16.8 Å². The van der Waals surface area contributed by atoms with E-state index in [2.05, 4.69) is 0 Å². The van der Waals surface area contributed by atoms with Crippen molar-refractivity contribution in [2.24, 2.45) is 0 Å². The lowest BCUT2D eigenvalue weighted by Gasteiger charge is -2.19. The minimum atomic E-state index is -3.99. The summed E-state index contributed by atoms with van der Waals surface area (Å²) in [6, 6.07) is 4.81. The lowest BCUT2D eigenvalue weighted by atomic mass is 9.80. The van der Waals surface area contributed by atoms with Crippen molar-refractivity contribution < 1.29 is 26.9 Å². The van der Waals surface area contributed by atoms with Crippen molar-refractivity contribution in [1.29, 1.82) is 0 Å². The van der Waals surface area contributed by atoms with Gasteiger partial charge in [-0.3, -0.25) is 0 Å². The van der Waals surface area contributed by atoms with E-state index in [1.165, 1.54) is 24.3 Å². The third-order valence-electron chi connectivity index (χ3n) is 2.00. The highest BCUT2D eigenvalue weighted by Crippen LogP contribution is 2.19. The molecule has 100 valence electrons. The molecular weight excluding hydrogens is 281 g/mol. The summed E-state index contributed by atoms with van der Waals surface area (Å²) < 4.78 is 46.1. The van der Waals surface area contributed by atoms with E-state index in [1.54, 1.807) is 0 Å². The van der Waals surface area contributed by atoms with E-state index in [1.807, 2.05) is 0 Å². The molecule has 0 atom stereocenters. The molecule has 0 aliphatic heterocycles. The molecule has 0 saturated carbocycles. The van der Waals surface area contributed by atoms with Gasteiger partial charge in [0.05, 0.1) is 18.2 Å². The first-order valence-electron chi connectivity index (χ1n) is 4.70. The van der Waals surface area contributed by atoms with Crippen molar-refractivity contribution in [3.8, 4) is 0 Å². The second-order valence-corrected chi connectivity index (χ2v) is 7.58. The van der Waals surface area contributed by atoms with Crippen LogP contribution in [0.5, 0.6) is 0 Å². The Hall–Kier alpha value is -1.10. The molecule has 10 heteroatoms. The fourth-order valence-electron chi connectivity index (χ4n) is 1.40. The van der Waals surface area contributed by atoms with E-state index < -0.39 is 27.2 Å². The number of nitrogens with zero attached hydrogens (tertiary/aromatic N) is 1. The SMILES string of the molecule is CS(=O)(=O)N(c1ccc(B(O)O)cc1)S(C)(=O)=O. The van der Waals surface area contributed by atoms with Crippen LogP contribution in [-0.2, 0) is 20.0 Å². The van der Waals surface area contributed by atoms with E-state index in [-0.39, 0.29) is 14.9 Å². The first kappa shape index (κ1) is 15.0. The average molecular weight is 293 g/mol. The number of hydrogen-bond donors (Lipinski definition) is 2. The zero-order valence-electron chi connectivity index (χ0n) is 9.68. The van der Waals surface area contributed by atoms with Gasteiger partial charge in [0.25, 0.3) is 0 Å². The van der Waals surface area contributed by atoms with Crippen LogP contribution in [-0.4, -0.2) is 46.5 Å². The zero-order chi connectivity index (χ0) is 14.1. The quantitative estimate of drug-likeness (QED) is 0.627. The molecule has 0 heterocycles. The molecule has 0 bridgehead atoms. The van der Waals surface area contributed by atoms with E-state index in [0.717, 1.165) is 12.5 Å². The topological polar surface area (TPSA) is 112 Å². The standard InChI is InChI=1S/C8H12BNO6S2/c1-17(13,14)10(18(2,15)16)8-5-3-7(4-6-8)9(11)12/h3-6,11-12H,1-2H3. The monoisotopic (exact) mass is 293 g/mol. The number of hydrogen-bond acceptors (Lipinski definition) is 6. The summed E-state index contributed by atoms with van der Waals surface area (Å²) in [6.45, 7) is 0. The van der Waals surface area contributed by atoms with Gasteiger partial charge in [0.15, 0.2) is 0 Å². The van der Waals surface area contributed by atoms with Gasteiger partial charge in [-0.2, -0.15) is 3.71 Å². The minimum Gasteiger partial charge on any atom is -0.423 e. The molecule has 0 aliphatic carbocycles. The Labute approximate surface area is 106 Å². The predicted molar refractivity (Wildman–Crippen MR) is 68.4 cm³/mol. The molecule has 18 heavy (non-hydrogen) atoms. The van der Waals surface area contributed by atoms with Crippen molar-refractivity contribution in [3.63, 3.8) is 0 Å². The molecule has 0 saturated heterocycles. The van der Waals surface area contributed by atoms with Gasteiger partial charge >= 0.3 is 7.12 Å². The Balaban J connectivity index is 3.33. The van der Waals surface area contributed by atoms with E-state index >= 15 is 0 Å². The van der Waals surface area contributed by atoms with Crippen LogP contribution in [0.2, 0.25) is 0 Å². The summed E-state index contributed by atoms with van der Waals surface area (Å²) in [7, 11) is -9.68. The summed E-state index contributed by atoms with van der Waals surface area (Å²) in [4.78, 5) is 0. The molecule has 1 aromatic carbocycles. The van der Waals surface area contributed by atoms with Crippen LogP contribution >= 0.6 is 0 Å². The van der Waals surface area contributed by atoms with Crippen molar-refractivity contribution in [2.45, 2.75) is 0 Å². The second kappa shape index (κ2) is 4.88. The van der Waals surface area contributed by atoms with Crippen molar-refractivity contribution >= 4 is 38.3 Å². The lowest BCUT2D eigenvalue weighted by Crippen LogP contribution is -2.36. The predicted octanol–water partition coefficient (Wildman–Crippen LogP) is -1.91. The second-order valence-electron chi connectivity index (χ2n) is 3.69. The molecule has 7 nitrogen and oxygen atoms in total. The molecule has 1 rings (SSSR count). The molecule has 0 radical (unpaired) electrons. The third-order valence-corrected chi connectivity index (χ3v) is 5.26. The highest BCUT2D eigenvalue weighted by molar-refractivity contribution is 8.09. The van der Waals surface area contributed by atoms with Crippen molar-refractivity contribution in [1.82, 2.24) is 0 Å². The van der Waals surface area contributed by atoms with Crippen LogP contribution in [0.25, 0.3) is 0 Å². The van der Waals surface area contributed by atoms with Gasteiger partial charge in [0.1, 0.15) is 0 Å². The van der Waals surface area contributed by atoms with Crippen LogP contribution in [0, 0.1) is 0 Å². The van der Waals surface area contributed by atoms with Gasteiger partial charge in [-0.25, -0.2) is 16.8 Å². The summed E-state index contributed by atoms with van der Waals surface area (Å²) in [5.74, 6) is 0. The molecule has 0 fully saturated rings. The fraction of sp³-hybridized carbons (Fsp3) is 0.250. The fourth-order valence-corrected chi connectivity index (χ4v) is 4.37. The third kappa shape index (κ3) is 3.45. The maximum atomic E-state index is 11.4. The number of rotatable bonds is 4. The molecule has 0 amide bonds. The van der Waals surface area contributed by atoms with Crippen molar-refractivity contribution in [2.75, 3.05) is 16.2 Å². The van der Waals surface area contributed by atoms with Gasteiger partial charge in [-0.15, -0.1) is 0 Å². The number of benzene rings is 1. The first-order valence-corrected chi connectivity index (χ1v) is 8.39. The van der Waals surface area contributed by atoms with Gasteiger partial charge in [0, 0.05) is 0 Å². The molecule has 2 N–H and O–H groups in total. The maximum absolute atomic E-state index is 11.4. The summed E-state index contributed by atoms with van der Waals surface area (Å²) in [5.41, 5.74) is 0.0325. The van der Waals surface area contributed by atoms with Crippen LogP contribution in [0.3, 0.4) is 0 Å². The van der Waals surface area contributed by atoms with Crippen molar-refractivity contribution in [3.05, 3.63) is 24.3 Å². The Morgan fingerprint density at radius 3 is 1.61 bits per heavy atom. The number of anilines is 1. The van der Waals surface area contributed by atoms with Gasteiger partial charge in [-0.05, 0) is 17.6 Å². The Kier molecular flexibility index (Phi) is 4.06. The summed E-state index contributed by atoms with van der Waals surface area (Å²) in [5, 5.41) is 17.8. The lowest BCUT2D eigenvalue weighted by molar-refractivity contribution is 0.426. The smallest absolute Gasteiger partial charge is 0.423 e. The molecule has 0 aromatic heterocycles. The Morgan fingerprint density at radius 1 is 0.944 bits per heavy atom. The Morgan fingerprint density at radius 2 is 1.33 bits per heavy atom. The molecule has 0 aliphatic rings. The largest absolute Gasteiger partial charge is 0.488 e.